The zero-order valence-corrected chi connectivity index (χ0v) is 9.67. The second-order valence-electron chi connectivity index (χ2n) is 4.89. The molecular formula is C12H22N2O. The summed E-state index contributed by atoms with van der Waals surface area (Å²) in [5, 5.41) is 3.29. The molecule has 1 heterocycles. The number of hydrogen-bond donors (Lipinski definition) is 1. The maximum atomic E-state index is 11.8. The van der Waals surface area contributed by atoms with Crippen LogP contribution < -0.4 is 5.32 Å². The summed E-state index contributed by atoms with van der Waals surface area (Å²) in [6, 6.07) is 0.641. The van der Waals surface area contributed by atoms with Crippen molar-refractivity contribution >= 4 is 5.91 Å². The number of nitrogens with zero attached hydrogens (tertiary/aromatic N) is 1. The first-order chi connectivity index (χ1) is 7.29. The van der Waals surface area contributed by atoms with Gasteiger partial charge >= 0.3 is 0 Å². The SMILES string of the molecule is CCC1CCN(C(=O)CNC2CC2)CC1. The molecule has 0 aromatic carbocycles. The Balaban J connectivity index is 1.66. The standard InChI is InChI=1S/C12H22N2O/c1-2-10-5-7-14(8-6-10)12(15)9-13-11-3-4-11/h10-11,13H,2-9H2,1H3. The minimum absolute atomic E-state index is 0.302. The van der Waals surface area contributed by atoms with Gasteiger partial charge < -0.3 is 10.2 Å². The van der Waals surface area contributed by atoms with E-state index in [2.05, 4.69) is 12.2 Å². The Bertz CT molecular complexity index is 218. The van der Waals surface area contributed by atoms with Gasteiger partial charge in [0, 0.05) is 19.1 Å². The molecule has 1 aliphatic carbocycles. The topological polar surface area (TPSA) is 32.3 Å². The van der Waals surface area contributed by atoms with Gasteiger partial charge in [0.05, 0.1) is 6.54 Å². The highest BCUT2D eigenvalue weighted by Crippen LogP contribution is 2.20. The van der Waals surface area contributed by atoms with Crippen LogP contribution in [-0.2, 0) is 4.79 Å². The fourth-order valence-corrected chi connectivity index (χ4v) is 2.22. The van der Waals surface area contributed by atoms with Gasteiger partial charge in [0.2, 0.25) is 5.91 Å². The van der Waals surface area contributed by atoms with Gasteiger partial charge in [-0.25, -0.2) is 0 Å². The lowest BCUT2D eigenvalue weighted by Crippen LogP contribution is -2.43. The molecular weight excluding hydrogens is 188 g/mol. The molecule has 2 rings (SSSR count). The fraction of sp³-hybridized carbons (Fsp3) is 0.917. The van der Waals surface area contributed by atoms with Gasteiger partial charge in [0.1, 0.15) is 0 Å². The van der Waals surface area contributed by atoms with Crippen LogP contribution in [0.3, 0.4) is 0 Å². The maximum Gasteiger partial charge on any atom is 0.236 e. The van der Waals surface area contributed by atoms with Gasteiger partial charge in [0.25, 0.3) is 0 Å². The molecule has 3 heteroatoms. The van der Waals surface area contributed by atoms with Crippen LogP contribution in [0.1, 0.15) is 39.0 Å². The van der Waals surface area contributed by atoms with E-state index in [1.807, 2.05) is 4.90 Å². The van der Waals surface area contributed by atoms with Crippen LogP contribution in [0.25, 0.3) is 0 Å². The van der Waals surface area contributed by atoms with E-state index in [4.69, 9.17) is 0 Å². The molecule has 1 saturated heterocycles. The van der Waals surface area contributed by atoms with Crippen LogP contribution in [0.2, 0.25) is 0 Å². The summed E-state index contributed by atoms with van der Waals surface area (Å²) in [6.45, 7) is 4.76. The fourth-order valence-electron chi connectivity index (χ4n) is 2.22. The molecule has 3 nitrogen and oxygen atoms in total. The number of carbonyl (C=O) groups is 1. The highest BCUT2D eigenvalue weighted by Gasteiger charge is 2.24. The smallest absolute Gasteiger partial charge is 0.236 e. The molecule has 2 fully saturated rings. The molecule has 15 heavy (non-hydrogen) atoms. The average molecular weight is 210 g/mol. The highest BCUT2D eigenvalue weighted by molar-refractivity contribution is 5.78. The molecule has 1 saturated carbocycles. The maximum absolute atomic E-state index is 11.8. The molecule has 0 aromatic rings. The number of piperidine rings is 1. The van der Waals surface area contributed by atoms with E-state index in [0.717, 1.165) is 19.0 Å². The molecule has 0 bridgehead atoms. The molecule has 0 unspecified atom stereocenters. The van der Waals surface area contributed by atoms with Crippen molar-refractivity contribution in [3.05, 3.63) is 0 Å². The van der Waals surface area contributed by atoms with Gasteiger partial charge in [-0.05, 0) is 31.6 Å². The van der Waals surface area contributed by atoms with Crippen LogP contribution in [0.4, 0.5) is 0 Å². The summed E-state index contributed by atoms with van der Waals surface area (Å²) in [5.74, 6) is 1.15. The second-order valence-corrected chi connectivity index (χ2v) is 4.89. The van der Waals surface area contributed by atoms with E-state index in [1.165, 1.54) is 32.1 Å². The molecule has 1 aliphatic heterocycles. The third kappa shape index (κ3) is 3.20. The van der Waals surface area contributed by atoms with Crippen molar-refractivity contribution in [3.63, 3.8) is 0 Å². The summed E-state index contributed by atoms with van der Waals surface area (Å²) in [5.41, 5.74) is 0. The minimum Gasteiger partial charge on any atom is -0.342 e. The van der Waals surface area contributed by atoms with Gasteiger partial charge in [-0.15, -0.1) is 0 Å². The molecule has 1 N–H and O–H groups in total. The third-order valence-corrected chi connectivity index (χ3v) is 3.66. The van der Waals surface area contributed by atoms with E-state index >= 15 is 0 Å². The summed E-state index contributed by atoms with van der Waals surface area (Å²) in [4.78, 5) is 13.8. The zero-order valence-electron chi connectivity index (χ0n) is 9.67. The van der Waals surface area contributed by atoms with E-state index < -0.39 is 0 Å². The Morgan fingerprint density at radius 3 is 2.47 bits per heavy atom. The molecule has 0 radical (unpaired) electrons. The molecule has 1 amide bonds. The Hall–Kier alpha value is -0.570. The van der Waals surface area contributed by atoms with E-state index in [1.54, 1.807) is 0 Å². The van der Waals surface area contributed by atoms with Crippen LogP contribution in [-0.4, -0.2) is 36.5 Å². The number of amides is 1. The Morgan fingerprint density at radius 2 is 1.93 bits per heavy atom. The molecule has 0 spiro atoms. The summed E-state index contributed by atoms with van der Waals surface area (Å²) >= 11 is 0. The van der Waals surface area contributed by atoms with Crippen LogP contribution >= 0.6 is 0 Å². The largest absolute Gasteiger partial charge is 0.342 e. The predicted octanol–water partition coefficient (Wildman–Crippen LogP) is 1.39. The van der Waals surface area contributed by atoms with Crippen molar-refractivity contribution in [2.24, 2.45) is 5.92 Å². The van der Waals surface area contributed by atoms with E-state index in [-0.39, 0.29) is 0 Å². The van der Waals surface area contributed by atoms with Crippen molar-refractivity contribution in [3.8, 4) is 0 Å². The number of likely N-dealkylation sites (tertiary alicyclic amines) is 1. The normalized spacial score (nSPS) is 23.1. The molecule has 86 valence electrons. The quantitative estimate of drug-likeness (QED) is 0.760. The lowest BCUT2D eigenvalue weighted by molar-refractivity contribution is -0.131. The summed E-state index contributed by atoms with van der Waals surface area (Å²) < 4.78 is 0. The van der Waals surface area contributed by atoms with Crippen LogP contribution in [0.5, 0.6) is 0 Å². The first-order valence-electron chi connectivity index (χ1n) is 6.30. The Kier molecular flexibility index (Phi) is 3.62. The average Bonchev–Trinajstić information content (AvgIpc) is 3.10. The summed E-state index contributed by atoms with van der Waals surface area (Å²) in [6.07, 6.45) is 6.18. The van der Waals surface area contributed by atoms with Gasteiger partial charge in [-0.2, -0.15) is 0 Å². The zero-order chi connectivity index (χ0) is 10.7. The molecule has 0 atom stereocenters. The monoisotopic (exact) mass is 210 g/mol. The Labute approximate surface area is 92.2 Å². The van der Waals surface area contributed by atoms with Crippen molar-refractivity contribution in [2.75, 3.05) is 19.6 Å². The van der Waals surface area contributed by atoms with Crippen LogP contribution in [0, 0.1) is 5.92 Å². The van der Waals surface area contributed by atoms with E-state index in [0.29, 0.717) is 18.5 Å². The van der Waals surface area contributed by atoms with Crippen LogP contribution in [0.15, 0.2) is 0 Å². The van der Waals surface area contributed by atoms with Crippen molar-refractivity contribution in [1.29, 1.82) is 0 Å². The van der Waals surface area contributed by atoms with Gasteiger partial charge in [-0.3, -0.25) is 4.79 Å². The first-order valence-corrected chi connectivity index (χ1v) is 6.30. The highest BCUT2D eigenvalue weighted by atomic mass is 16.2. The number of hydrogen-bond acceptors (Lipinski definition) is 2. The van der Waals surface area contributed by atoms with Gasteiger partial charge in [-0.1, -0.05) is 13.3 Å². The lowest BCUT2D eigenvalue weighted by atomic mass is 9.94. The lowest BCUT2D eigenvalue weighted by Gasteiger charge is -2.31. The number of carbonyl (C=O) groups excluding carboxylic acids is 1. The van der Waals surface area contributed by atoms with E-state index in [9.17, 15) is 4.79 Å². The minimum atomic E-state index is 0.302. The van der Waals surface area contributed by atoms with Gasteiger partial charge in [0.15, 0.2) is 0 Å². The van der Waals surface area contributed by atoms with Crippen molar-refractivity contribution in [1.82, 2.24) is 10.2 Å². The molecule has 2 aliphatic rings. The van der Waals surface area contributed by atoms with Crippen molar-refractivity contribution in [2.45, 2.75) is 45.1 Å². The predicted molar refractivity (Wildman–Crippen MR) is 60.6 cm³/mol. The summed E-state index contributed by atoms with van der Waals surface area (Å²) in [7, 11) is 0. The third-order valence-electron chi connectivity index (χ3n) is 3.66. The number of rotatable bonds is 4. The second kappa shape index (κ2) is 4.97. The molecule has 0 aromatic heterocycles. The Morgan fingerprint density at radius 1 is 1.27 bits per heavy atom. The van der Waals surface area contributed by atoms with Crippen molar-refractivity contribution < 1.29 is 4.79 Å². The first kappa shape index (κ1) is 10.9. The number of nitrogens with one attached hydrogen (secondary N) is 1.